The van der Waals surface area contributed by atoms with Gasteiger partial charge in [0.25, 0.3) is 5.91 Å². The van der Waals surface area contributed by atoms with Crippen molar-refractivity contribution in [2.45, 2.75) is 12.5 Å². The first-order valence-corrected chi connectivity index (χ1v) is 8.87. The van der Waals surface area contributed by atoms with E-state index in [2.05, 4.69) is 5.10 Å². The Kier molecular flexibility index (Phi) is 4.55. The number of rotatable bonds is 3. The Morgan fingerprint density at radius 1 is 0.885 bits per heavy atom. The molecule has 0 fully saturated rings. The van der Waals surface area contributed by atoms with Gasteiger partial charge in [-0.15, -0.1) is 0 Å². The van der Waals surface area contributed by atoms with Gasteiger partial charge in [-0.25, -0.2) is 5.01 Å². The summed E-state index contributed by atoms with van der Waals surface area (Å²) in [4.78, 5) is 13.1. The van der Waals surface area contributed by atoms with Crippen LogP contribution in [0.5, 0.6) is 0 Å². The van der Waals surface area contributed by atoms with Crippen LogP contribution in [-0.4, -0.2) is 16.6 Å². The molecule has 0 radical (unpaired) electrons. The number of halogens is 1. The van der Waals surface area contributed by atoms with Crippen LogP contribution in [0.15, 0.2) is 90.0 Å². The van der Waals surface area contributed by atoms with Crippen LogP contribution in [0.3, 0.4) is 0 Å². The Balaban J connectivity index is 1.72. The minimum Gasteiger partial charge on any atom is -0.267 e. The van der Waals surface area contributed by atoms with Crippen molar-refractivity contribution < 1.29 is 4.79 Å². The van der Waals surface area contributed by atoms with Crippen molar-refractivity contribution >= 4 is 23.2 Å². The van der Waals surface area contributed by atoms with Gasteiger partial charge in [0.15, 0.2) is 0 Å². The second-order valence-corrected chi connectivity index (χ2v) is 6.64. The molecule has 0 saturated heterocycles. The Labute approximate surface area is 157 Å². The fourth-order valence-corrected chi connectivity index (χ4v) is 3.29. The number of amides is 1. The van der Waals surface area contributed by atoms with E-state index in [9.17, 15) is 4.79 Å². The van der Waals surface area contributed by atoms with E-state index in [4.69, 9.17) is 11.6 Å². The summed E-state index contributed by atoms with van der Waals surface area (Å²) in [7, 11) is 0. The number of nitrogens with zero attached hydrogens (tertiary/aromatic N) is 2. The van der Waals surface area contributed by atoms with Gasteiger partial charge in [0.2, 0.25) is 0 Å². The molecular formula is C22H17ClN2O. The fourth-order valence-electron chi connectivity index (χ4n) is 3.16. The Morgan fingerprint density at radius 2 is 1.50 bits per heavy atom. The summed E-state index contributed by atoms with van der Waals surface area (Å²) in [6.07, 6.45) is 0.688. The zero-order valence-electron chi connectivity index (χ0n) is 14.0. The Morgan fingerprint density at radius 3 is 2.15 bits per heavy atom. The lowest BCUT2D eigenvalue weighted by atomic mass is 9.98. The van der Waals surface area contributed by atoms with E-state index in [1.54, 1.807) is 29.3 Å². The van der Waals surface area contributed by atoms with E-state index >= 15 is 0 Å². The van der Waals surface area contributed by atoms with Crippen LogP contribution in [0.25, 0.3) is 0 Å². The lowest BCUT2D eigenvalue weighted by Crippen LogP contribution is -2.27. The average Bonchev–Trinajstić information content (AvgIpc) is 3.15. The average molecular weight is 361 g/mol. The van der Waals surface area contributed by atoms with Crippen molar-refractivity contribution in [2.24, 2.45) is 5.10 Å². The van der Waals surface area contributed by atoms with E-state index in [1.807, 2.05) is 60.7 Å². The third-order valence-corrected chi connectivity index (χ3v) is 4.75. The van der Waals surface area contributed by atoms with E-state index < -0.39 is 0 Å². The van der Waals surface area contributed by atoms with Crippen LogP contribution >= 0.6 is 11.6 Å². The predicted molar refractivity (Wildman–Crippen MR) is 104 cm³/mol. The van der Waals surface area contributed by atoms with E-state index in [0.717, 1.165) is 16.8 Å². The molecule has 0 aliphatic carbocycles. The zero-order valence-corrected chi connectivity index (χ0v) is 14.8. The van der Waals surface area contributed by atoms with Crippen molar-refractivity contribution in [2.75, 3.05) is 0 Å². The molecule has 4 heteroatoms. The highest BCUT2D eigenvalue weighted by atomic mass is 35.5. The molecule has 1 aliphatic heterocycles. The van der Waals surface area contributed by atoms with Crippen molar-refractivity contribution in [1.82, 2.24) is 5.01 Å². The molecule has 0 N–H and O–H groups in total. The van der Waals surface area contributed by atoms with Gasteiger partial charge in [-0.2, -0.15) is 5.10 Å². The normalized spacial score (nSPS) is 16.4. The molecule has 0 aromatic heterocycles. The first-order valence-electron chi connectivity index (χ1n) is 8.49. The van der Waals surface area contributed by atoms with Crippen LogP contribution in [0.4, 0.5) is 0 Å². The molecule has 1 amide bonds. The number of hydrazone groups is 1. The van der Waals surface area contributed by atoms with Gasteiger partial charge in [-0.1, -0.05) is 72.3 Å². The topological polar surface area (TPSA) is 32.7 Å². The van der Waals surface area contributed by atoms with Crippen molar-refractivity contribution in [3.63, 3.8) is 0 Å². The molecule has 26 heavy (non-hydrogen) atoms. The largest absolute Gasteiger partial charge is 0.274 e. The summed E-state index contributed by atoms with van der Waals surface area (Å²) in [5.41, 5.74) is 3.61. The maximum Gasteiger partial charge on any atom is 0.274 e. The van der Waals surface area contributed by atoms with Crippen LogP contribution < -0.4 is 0 Å². The number of hydrogen-bond acceptors (Lipinski definition) is 2. The van der Waals surface area contributed by atoms with Gasteiger partial charge in [0.05, 0.1) is 11.8 Å². The van der Waals surface area contributed by atoms with E-state index in [1.165, 1.54) is 0 Å². The maximum atomic E-state index is 13.1. The van der Waals surface area contributed by atoms with Crippen LogP contribution in [0, 0.1) is 0 Å². The summed E-state index contributed by atoms with van der Waals surface area (Å²) in [5, 5.41) is 6.89. The molecule has 0 spiro atoms. The molecule has 1 heterocycles. The SMILES string of the molecule is O=C(c1ccc(Cl)cc1)N1N=C(c2ccccc2)C[C@@H]1c1ccccc1. The van der Waals surface area contributed by atoms with Crippen LogP contribution in [0.2, 0.25) is 5.02 Å². The molecule has 3 nitrogen and oxygen atoms in total. The van der Waals surface area contributed by atoms with Gasteiger partial charge >= 0.3 is 0 Å². The summed E-state index contributed by atoms with van der Waals surface area (Å²) in [5.74, 6) is -0.124. The third-order valence-electron chi connectivity index (χ3n) is 4.50. The molecule has 3 aromatic rings. The first kappa shape index (κ1) is 16.6. The fraction of sp³-hybridized carbons (Fsp3) is 0.0909. The second kappa shape index (κ2) is 7.14. The lowest BCUT2D eigenvalue weighted by molar-refractivity contribution is 0.0711. The molecule has 1 atom stereocenters. The highest BCUT2D eigenvalue weighted by Crippen LogP contribution is 2.33. The van der Waals surface area contributed by atoms with E-state index in [0.29, 0.717) is 17.0 Å². The van der Waals surface area contributed by atoms with Crippen molar-refractivity contribution in [1.29, 1.82) is 0 Å². The Hall–Kier alpha value is -2.91. The maximum absolute atomic E-state index is 13.1. The number of benzene rings is 3. The number of hydrogen-bond donors (Lipinski definition) is 0. The number of carbonyl (C=O) groups is 1. The molecule has 128 valence electrons. The molecule has 0 unspecified atom stereocenters. The van der Waals surface area contributed by atoms with Gasteiger partial charge in [0.1, 0.15) is 0 Å². The third kappa shape index (κ3) is 3.26. The smallest absolute Gasteiger partial charge is 0.267 e. The Bertz CT molecular complexity index is 937. The second-order valence-electron chi connectivity index (χ2n) is 6.20. The van der Waals surface area contributed by atoms with Crippen molar-refractivity contribution in [3.8, 4) is 0 Å². The van der Waals surface area contributed by atoms with Gasteiger partial charge in [-0.3, -0.25) is 4.79 Å². The van der Waals surface area contributed by atoms with Gasteiger partial charge in [0, 0.05) is 17.0 Å². The lowest BCUT2D eigenvalue weighted by Gasteiger charge is -2.22. The first-order chi connectivity index (χ1) is 12.7. The summed E-state index contributed by atoms with van der Waals surface area (Å²) in [6, 6.07) is 26.8. The van der Waals surface area contributed by atoms with Gasteiger partial charge < -0.3 is 0 Å². The molecular weight excluding hydrogens is 344 g/mol. The zero-order chi connectivity index (χ0) is 17.9. The highest BCUT2D eigenvalue weighted by molar-refractivity contribution is 6.30. The monoisotopic (exact) mass is 360 g/mol. The summed E-state index contributed by atoms with van der Waals surface area (Å²) in [6.45, 7) is 0. The molecule has 3 aromatic carbocycles. The molecule has 1 aliphatic rings. The molecule has 4 rings (SSSR count). The minimum absolute atomic E-state index is 0.116. The molecule has 0 saturated carbocycles. The van der Waals surface area contributed by atoms with Crippen LogP contribution in [-0.2, 0) is 0 Å². The van der Waals surface area contributed by atoms with Crippen LogP contribution in [0.1, 0.15) is 33.9 Å². The number of carbonyl (C=O) groups excluding carboxylic acids is 1. The quantitative estimate of drug-likeness (QED) is 0.621. The highest BCUT2D eigenvalue weighted by Gasteiger charge is 2.33. The van der Waals surface area contributed by atoms with Crippen molar-refractivity contribution in [3.05, 3.63) is 107 Å². The summed E-state index contributed by atoms with van der Waals surface area (Å²) >= 11 is 5.95. The molecule has 0 bridgehead atoms. The predicted octanol–water partition coefficient (Wildman–Crippen LogP) is 5.33. The summed E-state index contributed by atoms with van der Waals surface area (Å²) < 4.78 is 0. The van der Waals surface area contributed by atoms with Gasteiger partial charge in [-0.05, 0) is 35.4 Å². The van der Waals surface area contributed by atoms with E-state index in [-0.39, 0.29) is 11.9 Å². The minimum atomic E-state index is -0.124. The standard InChI is InChI=1S/C22H17ClN2O/c23-19-13-11-18(12-14-19)22(26)25-21(17-9-5-2-6-10-17)15-20(24-25)16-7-3-1-4-8-16/h1-14,21H,15H2/t21-/m1/s1.